The van der Waals surface area contributed by atoms with Gasteiger partial charge in [-0.1, -0.05) is 40.0 Å². The minimum atomic E-state index is -1.29. The molecular formula is C46H87N7O14. The summed E-state index contributed by atoms with van der Waals surface area (Å²) >= 11 is 0. The molecule has 0 rings (SSSR count). The molecule has 21 nitrogen and oxygen atoms in total. The molecule has 0 bridgehead atoms. The summed E-state index contributed by atoms with van der Waals surface area (Å²) < 4.78 is 39.9. The molecule has 67 heavy (non-hydrogen) atoms. The van der Waals surface area contributed by atoms with Crippen LogP contribution in [0.4, 0.5) is 0 Å². The molecule has 0 aliphatic heterocycles. The Bertz CT molecular complexity index is 1290. The lowest BCUT2D eigenvalue weighted by Gasteiger charge is -2.34. The van der Waals surface area contributed by atoms with Crippen molar-refractivity contribution < 1.29 is 66.7 Å². The van der Waals surface area contributed by atoms with E-state index in [-0.39, 0.29) is 108 Å². The molecule has 0 saturated carbocycles. The normalized spacial score (nSPS) is 11.9. The van der Waals surface area contributed by atoms with Crippen molar-refractivity contribution in [2.75, 3.05) is 132 Å². The van der Waals surface area contributed by atoms with Gasteiger partial charge in [0.05, 0.1) is 85.9 Å². The van der Waals surface area contributed by atoms with Gasteiger partial charge in [-0.2, -0.15) is 0 Å². The Morgan fingerprint density at radius 2 is 0.701 bits per heavy atom. The summed E-state index contributed by atoms with van der Waals surface area (Å²) in [5.74, 6) is -1.17. The van der Waals surface area contributed by atoms with E-state index >= 15 is 0 Å². The molecule has 0 fully saturated rings. The molecule has 7 N–H and O–H groups in total. The van der Waals surface area contributed by atoms with Gasteiger partial charge in [0.1, 0.15) is 5.54 Å². The summed E-state index contributed by atoms with van der Waals surface area (Å²) in [6.45, 7) is 11.4. The Kier molecular flexibility index (Phi) is 44.3. The van der Waals surface area contributed by atoms with Gasteiger partial charge in [-0.3, -0.25) is 33.6 Å². The minimum absolute atomic E-state index is 0.000107. The Balaban J connectivity index is 5.43. The van der Waals surface area contributed by atoms with Crippen LogP contribution in [-0.2, 0) is 66.7 Å². The first-order valence-electron chi connectivity index (χ1n) is 24.5. The second kappa shape index (κ2) is 47.1. The molecule has 0 aromatic rings. The fourth-order valence-corrected chi connectivity index (χ4v) is 5.84. The lowest BCUT2D eigenvalue weighted by Crippen LogP contribution is -2.59. The first-order valence-corrected chi connectivity index (χ1v) is 24.5. The highest BCUT2D eigenvalue weighted by Gasteiger charge is 2.34. The highest BCUT2D eigenvalue weighted by molar-refractivity contribution is 5.78. The largest absolute Gasteiger partial charge is 0.379 e. The summed E-state index contributed by atoms with van der Waals surface area (Å²) in [7, 11) is 0. The second-order valence-corrected chi connectivity index (χ2v) is 15.9. The highest BCUT2D eigenvalue weighted by atomic mass is 16.6. The molecule has 0 saturated heterocycles. The molecule has 7 amide bonds. The zero-order valence-corrected chi connectivity index (χ0v) is 41.0. The van der Waals surface area contributed by atoms with Gasteiger partial charge in [-0.25, -0.2) is 0 Å². The standard InChI is InChI=1S/C46H87N7O14/c1-4-7-9-14-41(56)49-22-12-24-52-44(59)17-29-67-38-46(36-65-27-15-42(57)50-20-10-19-47-39-54,37-66-28-16-43(58)51-23-11-21-48-40(55)13-8-5-2)53-45(60)18-26-62-31-33-64-35-34-63-32-30-61-25-6-3/h39H,4-38H2,1-3H3,(H,47,54)(H,48,55)(H,49,56)(H,50,57)(H,51,58)(H,52,59)(H,53,60). The van der Waals surface area contributed by atoms with Crippen molar-refractivity contribution in [3.05, 3.63) is 0 Å². The van der Waals surface area contributed by atoms with Crippen LogP contribution in [0.2, 0.25) is 0 Å². The minimum Gasteiger partial charge on any atom is -0.379 e. The molecule has 0 radical (unpaired) electrons. The number of ether oxygens (including phenoxy) is 7. The van der Waals surface area contributed by atoms with E-state index < -0.39 is 11.4 Å². The fourth-order valence-electron chi connectivity index (χ4n) is 5.84. The van der Waals surface area contributed by atoms with Crippen LogP contribution in [-0.4, -0.2) is 179 Å². The van der Waals surface area contributed by atoms with Gasteiger partial charge < -0.3 is 70.4 Å². The van der Waals surface area contributed by atoms with Crippen molar-refractivity contribution in [3.8, 4) is 0 Å². The first-order chi connectivity index (χ1) is 32.6. The van der Waals surface area contributed by atoms with Crippen LogP contribution in [0.25, 0.3) is 0 Å². The third-order valence-electron chi connectivity index (χ3n) is 9.56. The monoisotopic (exact) mass is 962 g/mol. The van der Waals surface area contributed by atoms with Gasteiger partial charge in [-0.15, -0.1) is 0 Å². The Labute approximate surface area is 399 Å². The summed E-state index contributed by atoms with van der Waals surface area (Å²) in [6.07, 6.45) is 8.90. The predicted molar refractivity (Wildman–Crippen MR) is 252 cm³/mol. The predicted octanol–water partition coefficient (Wildman–Crippen LogP) is 1.20. The maximum Gasteiger partial charge on any atom is 0.222 e. The average Bonchev–Trinajstić information content (AvgIpc) is 3.31. The molecule has 0 aliphatic carbocycles. The average molecular weight is 962 g/mol. The fraction of sp³-hybridized carbons (Fsp3) is 0.848. The third-order valence-corrected chi connectivity index (χ3v) is 9.56. The van der Waals surface area contributed by atoms with Crippen LogP contribution in [0.5, 0.6) is 0 Å². The van der Waals surface area contributed by atoms with Crippen LogP contribution in [0.15, 0.2) is 0 Å². The summed E-state index contributed by atoms with van der Waals surface area (Å²) in [6, 6.07) is 0. The van der Waals surface area contributed by atoms with Crippen molar-refractivity contribution in [2.45, 2.75) is 123 Å². The van der Waals surface area contributed by atoms with Crippen LogP contribution in [0.1, 0.15) is 117 Å². The third kappa shape index (κ3) is 43.1. The zero-order chi connectivity index (χ0) is 49.3. The maximum atomic E-state index is 13.4. The Hall–Kier alpha value is -3.99. The summed E-state index contributed by atoms with van der Waals surface area (Å²) in [4.78, 5) is 85.4. The van der Waals surface area contributed by atoms with E-state index in [1.54, 1.807) is 0 Å². The van der Waals surface area contributed by atoms with Crippen molar-refractivity contribution in [3.63, 3.8) is 0 Å². The molecule has 0 aromatic heterocycles. The van der Waals surface area contributed by atoms with Crippen LogP contribution in [0.3, 0.4) is 0 Å². The van der Waals surface area contributed by atoms with Gasteiger partial charge in [0, 0.05) is 84.4 Å². The second-order valence-electron chi connectivity index (χ2n) is 15.9. The maximum absolute atomic E-state index is 13.4. The van der Waals surface area contributed by atoms with E-state index in [4.69, 9.17) is 33.2 Å². The van der Waals surface area contributed by atoms with Crippen LogP contribution < -0.4 is 37.2 Å². The van der Waals surface area contributed by atoms with E-state index in [9.17, 15) is 33.6 Å². The Morgan fingerprint density at radius 1 is 0.358 bits per heavy atom. The topological polar surface area (TPSA) is 268 Å². The zero-order valence-electron chi connectivity index (χ0n) is 41.0. The molecule has 1 atom stereocenters. The molecule has 0 heterocycles. The van der Waals surface area contributed by atoms with Crippen LogP contribution >= 0.6 is 0 Å². The molecule has 1 unspecified atom stereocenters. The molecule has 0 spiro atoms. The number of nitrogens with one attached hydrogen (secondary N) is 7. The van der Waals surface area contributed by atoms with Gasteiger partial charge >= 0.3 is 0 Å². The summed E-state index contributed by atoms with van der Waals surface area (Å²) in [5, 5.41) is 19.6. The number of amides is 7. The van der Waals surface area contributed by atoms with Crippen molar-refractivity contribution in [2.24, 2.45) is 0 Å². The molecule has 0 aromatic carbocycles. The number of hydrogen-bond donors (Lipinski definition) is 7. The van der Waals surface area contributed by atoms with E-state index in [0.717, 1.165) is 38.5 Å². The lowest BCUT2D eigenvalue weighted by atomic mass is 10.0. The molecule has 21 heteroatoms. The van der Waals surface area contributed by atoms with E-state index in [1.165, 1.54) is 0 Å². The molecule has 0 aliphatic rings. The molecular weight excluding hydrogens is 875 g/mol. The smallest absolute Gasteiger partial charge is 0.222 e. The van der Waals surface area contributed by atoms with Crippen LogP contribution in [0, 0.1) is 0 Å². The van der Waals surface area contributed by atoms with Gasteiger partial charge in [0.15, 0.2) is 0 Å². The number of carbonyl (C=O) groups is 7. The first kappa shape index (κ1) is 63.0. The van der Waals surface area contributed by atoms with E-state index in [0.29, 0.717) is 117 Å². The SMILES string of the molecule is CCCCCC(=O)NCCCNC(=O)CCOCC(COCCC(=O)NCCCNC=O)(COCCC(=O)NCCCNC(=O)CCCC)NC(=O)CCOCCOCCOCCOCCC. The van der Waals surface area contributed by atoms with Gasteiger partial charge in [0.2, 0.25) is 41.9 Å². The van der Waals surface area contributed by atoms with E-state index in [2.05, 4.69) is 44.1 Å². The van der Waals surface area contributed by atoms with Crippen molar-refractivity contribution in [1.29, 1.82) is 0 Å². The number of carbonyl (C=O) groups excluding carboxylic acids is 7. The number of rotatable bonds is 50. The van der Waals surface area contributed by atoms with Gasteiger partial charge in [0.25, 0.3) is 0 Å². The lowest BCUT2D eigenvalue weighted by molar-refractivity contribution is -0.131. The quantitative estimate of drug-likeness (QED) is 0.0334. The van der Waals surface area contributed by atoms with Crippen molar-refractivity contribution in [1.82, 2.24) is 37.2 Å². The van der Waals surface area contributed by atoms with Gasteiger partial charge in [-0.05, 0) is 38.5 Å². The van der Waals surface area contributed by atoms with Crippen molar-refractivity contribution >= 4 is 41.9 Å². The van der Waals surface area contributed by atoms with E-state index in [1.807, 2.05) is 13.8 Å². The Morgan fingerprint density at radius 3 is 1.10 bits per heavy atom. The number of hydrogen-bond acceptors (Lipinski definition) is 14. The highest BCUT2D eigenvalue weighted by Crippen LogP contribution is 2.11. The molecule has 390 valence electrons. The summed E-state index contributed by atoms with van der Waals surface area (Å²) in [5.41, 5.74) is -1.29. The number of unbranched alkanes of at least 4 members (excludes halogenated alkanes) is 3.